The Morgan fingerprint density at radius 1 is 0.622 bits per heavy atom. The van der Waals surface area contributed by atoms with Crippen molar-refractivity contribution in [2.75, 3.05) is 43.8 Å². The molecule has 90 heavy (non-hydrogen) atoms. The number of fused-ring (bicyclic) bond motifs is 3. The van der Waals surface area contributed by atoms with Crippen molar-refractivity contribution < 1.29 is 75.4 Å². The SMILES string of the molecule is CO[C@H]1[C@@H](OP(O)(=S)OC[C@H]2O[C@@H](n3cnc4c(NC(=O)c5ccccc5)ncnc43)[C@H](OC(=O)c3ccccc3)[C@@H]2C)[C@H](n2cnc3c(NC(=O)c4ccccc4)ncnc32)O[C@@H]1COP(O)(=S)O[C@@H]1C[C@@H](CCP(C)(=O)O)O[C@H]1n1cnc2cncnc21. The van der Waals surface area contributed by atoms with Crippen molar-refractivity contribution in [2.45, 2.75) is 81.2 Å². The van der Waals surface area contributed by atoms with Crippen molar-refractivity contribution in [2.24, 2.45) is 5.92 Å². The first-order chi connectivity index (χ1) is 43.3. The minimum atomic E-state index is -4.47. The normalized spacial score (nSPS) is 25.4. The molecule has 2 amide bonds. The van der Waals surface area contributed by atoms with Crippen LogP contribution in [0, 0.1) is 5.92 Å². The maximum absolute atomic E-state index is 13.8. The van der Waals surface area contributed by atoms with Crippen LogP contribution in [-0.4, -0.2) is 167 Å². The third-order valence-corrected chi connectivity index (χ3v) is 19.4. The summed E-state index contributed by atoms with van der Waals surface area (Å²) in [7, 11) is -2.10. The van der Waals surface area contributed by atoms with Gasteiger partial charge in [-0.25, -0.2) is 49.7 Å². The van der Waals surface area contributed by atoms with Crippen LogP contribution in [0.5, 0.6) is 0 Å². The maximum atomic E-state index is 13.8. The molecule has 14 atom stereocenters. The number of imidazole rings is 3. The highest BCUT2D eigenvalue weighted by molar-refractivity contribution is 8.07. The van der Waals surface area contributed by atoms with E-state index in [0.717, 1.165) is 0 Å². The number of hydrogen-bond donors (Lipinski definition) is 5. The number of amides is 2. The lowest BCUT2D eigenvalue weighted by Crippen LogP contribution is -2.37. The number of carbonyl (C=O) groups excluding carboxylic acids is 3. The van der Waals surface area contributed by atoms with Gasteiger partial charge in [-0.1, -0.05) is 61.5 Å². The van der Waals surface area contributed by atoms with Gasteiger partial charge in [-0.3, -0.25) is 32.4 Å². The van der Waals surface area contributed by atoms with Gasteiger partial charge in [0.15, 0.2) is 71.8 Å². The van der Waals surface area contributed by atoms with Crippen LogP contribution in [0.15, 0.2) is 135 Å². The Bertz CT molecular complexity index is 4230. The van der Waals surface area contributed by atoms with Gasteiger partial charge in [0.1, 0.15) is 48.9 Å². The molecule has 30 nitrogen and oxygen atoms in total. The minimum Gasteiger partial charge on any atom is -0.454 e. The lowest BCUT2D eigenvalue weighted by Gasteiger charge is -2.28. The Morgan fingerprint density at radius 2 is 1.13 bits per heavy atom. The summed E-state index contributed by atoms with van der Waals surface area (Å²) in [5.41, 5.74) is 2.52. The van der Waals surface area contributed by atoms with Gasteiger partial charge in [-0.05, 0) is 66.4 Å². The fraction of sp³-hybridized carbons (Fsp3) is 0.345. The molecule has 0 spiro atoms. The van der Waals surface area contributed by atoms with Crippen LogP contribution in [-0.2, 0) is 70.0 Å². The highest BCUT2D eigenvalue weighted by Gasteiger charge is 2.52. The summed E-state index contributed by atoms with van der Waals surface area (Å²) in [6, 6.07) is 25.3. The van der Waals surface area contributed by atoms with Crippen LogP contribution < -0.4 is 10.6 Å². The van der Waals surface area contributed by atoms with Crippen LogP contribution in [0.4, 0.5) is 11.6 Å². The number of rotatable bonds is 23. The van der Waals surface area contributed by atoms with Gasteiger partial charge >= 0.3 is 19.4 Å². The standard InChI is InChI=1S/C55H57N14O16P3S2/c1-31-38(81-53(42(31)83-55(72)34-17-11-6-12-18-34)68-29-63-40-45(57-26-60-48(40)68)65-50(70)32-13-7-4-8-14-32)23-78-88(76,90)85-44-43(77-2)39(82-54(44)69-30-64-41-46(58-27-61-49(41)69)66-51(71)33-15-9-5-10-16-33)24-79-87(75,89)84-37-21-35(19-20-86(3,73)74)80-52(37)67-28-62-36-22-56-25-59-47(36)67/h4-18,22,25-31,35,37-39,42-44,52-54H,19-21,23-24H2,1-3H3,(H,73,74)(H,75,89)(H,76,90)(H,57,60,65,70)(H,58,61,66,71)/t31-,35-,37-,38-,39-,42-,43-,44-,52-,53-,54-,87?,88?/m1/s1. The Morgan fingerprint density at radius 3 is 1.71 bits per heavy atom. The van der Waals surface area contributed by atoms with Crippen molar-refractivity contribution in [3.05, 3.63) is 152 Å². The lowest BCUT2D eigenvalue weighted by molar-refractivity contribution is -0.0596. The highest BCUT2D eigenvalue weighted by Crippen LogP contribution is 2.54. The molecule has 3 saturated heterocycles. The molecule has 12 rings (SSSR count). The molecule has 5 N–H and O–H groups in total. The molecule has 6 aromatic heterocycles. The van der Waals surface area contributed by atoms with E-state index in [1.165, 1.54) is 62.5 Å². The largest absolute Gasteiger partial charge is 0.454 e. The zero-order chi connectivity index (χ0) is 62.9. The second kappa shape index (κ2) is 26.6. The molecule has 9 aromatic rings. The Hall–Kier alpha value is -7.19. The van der Waals surface area contributed by atoms with Crippen molar-refractivity contribution in [3.8, 4) is 0 Å². The number of hydrogen-bond acceptors (Lipinski definition) is 24. The number of nitrogens with zero attached hydrogens (tertiary/aromatic N) is 12. The van der Waals surface area contributed by atoms with Gasteiger partial charge in [-0.15, -0.1) is 0 Å². The van der Waals surface area contributed by atoms with Crippen LogP contribution >= 0.6 is 20.8 Å². The zero-order valence-corrected chi connectivity index (χ0v) is 52.1. The molecule has 9 heterocycles. The van der Waals surface area contributed by atoms with Gasteiger partial charge in [0.05, 0.1) is 56.2 Å². The summed E-state index contributed by atoms with van der Waals surface area (Å²) in [6.07, 6.45) is -1.07. The predicted molar refractivity (Wildman–Crippen MR) is 327 cm³/mol. The monoisotopic (exact) mass is 1330 g/mol. The first-order valence-electron chi connectivity index (χ1n) is 27.9. The van der Waals surface area contributed by atoms with Gasteiger partial charge in [-0.2, -0.15) is 0 Å². The lowest BCUT2D eigenvalue weighted by atomic mass is 10.0. The number of aromatic nitrogens is 12. The molecule has 0 aliphatic carbocycles. The number of carbonyl (C=O) groups is 3. The van der Waals surface area contributed by atoms with E-state index in [4.69, 9.17) is 65.4 Å². The quantitative estimate of drug-likeness (QED) is 0.0337. The van der Waals surface area contributed by atoms with Crippen LogP contribution in [0.2, 0.25) is 0 Å². The van der Waals surface area contributed by atoms with Crippen molar-refractivity contribution in [1.82, 2.24) is 58.6 Å². The molecular weight excluding hydrogens is 1270 g/mol. The third kappa shape index (κ3) is 13.8. The smallest absolute Gasteiger partial charge is 0.338 e. The Balaban J connectivity index is 0.806. The van der Waals surface area contributed by atoms with Gasteiger partial charge in [0.2, 0.25) is 0 Å². The topological polar surface area (TPSA) is 367 Å². The molecule has 3 aromatic carbocycles. The number of ether oxygens (including phenoxy) is 5. The molecular formula is C55H57N14O16P3S2. The van der Waals surface area contributed by atoms with E-state index < -0.39 is 119 Å². The number of esters is 1. The summed E-state index contributed by atoms with van der Waals surface area (Å²) >= 11 is 11.4. The van der Waals surface area contributed by atoms with Crippen LogP contribution in [0.25, 0.3) is 33.5 Å². The third-order valence-electron chi connectivity index (χ3n) is 15.2. The first kappa shape index (κ1) is 63.0. The predicted octanol–water partition coefficient (Wildman–Crippen LogP) is 6.50. The van der Waals surface area contributed by atoms with E-state index in [1.807, 2.05) is 0 Å². The van der Waals surface area contributed by atoms with Gasteiger partial charge in [0.25, 0.3) is 11.8 Å². The molecule has 0 radical (unpaired) electrons. The van der Waals surface area contributed by atoms with E-state index in [9.17, 15) is 33.6 Å². The highest BCUT2D eigenvalue weighted by atomic mass is 32.5. The van der Waals surface area contributed by atoms with Gasteiger partial charge < -0.3 is 62.6 Å². The van der Waals surface area contributed by atoms with Crippen molar-refractivity contribution in [3.63, 3.8) is 0 Å². The van der Waals surface area contributed by atoms with E-state index >= 15 is 0 Å². The second-order valence-electron chi connectivity index (χ2n) is 21.2. The van der Waals surface area contributed by atoms with E-state index in [-0.39, 0.29) is 58.5 Å². The summed E-state index contributed by atoms with van der Waals surface area (Å²) < 4.78 is 73.7. The molecule has 3 aliphatic heterocycles. The fourth-order valence-corrected chi connectivity index (χ4v) is 14.4. The summed E-state index contributed by atoms with van der Waals surface area (Å²) in [6.45, 7) is -6.70. The summed E-state index contributed by atoms with van der Waals surface area (Å²) in [4.78, 5) is 114. The zero-order valence-electron chi connectivity index (χ0n) is 47.8. The number of nitrogens with one attached hydrogen (secondary N) is 2. The number of benzene rings is 3. The first-order valence-corrected chi connectivity index (χ1v) is 35.3. The Labute approximate surface area is 521 Å². The molecule has 0 bridgehead atoms. The van der Waals surface area contributed by atoms with E-state index in [1.54, 1.807) is 107 Å². The maximum Gasteiger partial charge on any atom is 0.338 e. The average Bonchev–Trinajstić information content (AvgIpc) is 1.65. The molecule has 3 fully saturated rings. The van der Waals surface area contributed by atoms with Crippen molar-refractivity contribution >= 4 is 107 Å². The van der Waals surface area contributed by atoms with Gasteiger partial charge in [0, 0.05) is 43.4 Å². The number of anilines is 2. The summed E-state index contributed by atoms with van der Waals surface area (Å²) in [5, 5.41) is 5.57. The van der Waals surface area contributed by atoms with E-state index in [0.29, 0.717) is 22.3 Å². The summed E-state index contributed by atoms with van der Waals surface area (Å²) in [5.74, 6) is -2.10. The van der Waals surface area contributed by atoms with Crippen LogP contribution in [0.3, 0.4) is 0 Å². The van der Waals surface area contributed by atoms with Crippen molar-refractivity contribution in [1.29, 1.82) is 0 Å². The second-order valence-corrected chi connectivity index (χ2v) is 29.4. The number of methoxy groups -OCH3 is 1. The van der Waals surface area contributed by atoms with E-state index in [2.05, 4.69) is 55.5 Å². The minimum absolute atomic E-state index is 0.0497. The molecule has 0 saturated carbocycles. The molecule has 3 aliphatic rings. The molecule has 35 heteroatoms. The molecule has 470 valence electrons. The molecule has 3 unspecified atom stereocenters. The Kier molecular flexibility index (Phi) is 18.6. The van der Waals surface area contributed by atoms with Crippen LogP contribution in [0.1, 0.15) is 69.5 Å². The fourth-order valence-electron chi connectivity index (χ4n) is 10.8. The average molecular weight is 1330 g/mol.